The zero-order chi connectivity index (χ0) is 17.0. The molecule has 1 amide bonds. The van der Waals surface area contributed by atoms with Crippen molar-refractivity contribution in [3.63, 3.8) is 0 Å². The molecule has 2 heterocycles. The number of nitrogens with zero attached hydrogens (tertiary/aromatic N) is 3. The number of amides is 1. The molecule has 0 aromatic rings. The van der Waals surface area contributed by atoms with Gasteiger partial charge in [-0.3, -0.25) is 9.79 Å². The first kappa shape index (κ1) is 18.0. The predicted octanol–water partition coefficient (Wildman–Crippen LogP) is 0.308. The van der Waals surface area contributed by atoms with E-state index in [1.807, 2.05) is 9.80 Å². The summed E-state index contributed by atoms with van der Waals surface area (Å²) in [6, 6.07) is 0.197. The maximum Gasteiger partial charge on any atom is 0.242 e. The Hall–Kier alpha value is -1.34. The molecule has 2 aliphatic rings. The Labute approximate surface area is 139 Å². The Morgan fingerprint density at radius 3 is 2.70 bits per heavy atom. The fourth-order valence-corrected chi connectivity index (χ4v) is 3.50. The molecule has 2 saturated heterocycles. The van der Waals surface area contributed by atoms with E-state index in [4.69, 9.17) is 9.47 Å². The molecular formula is C16H30N4O3. The number of hydrogen-bond acceptors (Lipinski definition) is 4. The van der Waals surface area contributed by atoms with E-state index < -0.39 is 0 Å². The van der Waals surface area contributed by atoms with Gasteiger partial charge < -0.3 is 24.6 Å². The Kier molecular flexibility index (Phi) is 5.86. The number of ether oxygens (including phenoxy) is 2. The van der Waals surface area contributed by atoms with Crippen LogP contribution in [0.25, 0.3) is 0 Å². The number of hydrogen-bond donors (Lipinski definition) is 1. The van der Waals surface area contributed by atoms with Gasteiger partial charge in [0.15, 0.2) is 5.96 Å². The number of guanidine groups is 1. The molecule has 1 N–H and O–H groups in total. The van der Waals surface area contributed by atoms with Crippen LogP contribution in [0.4, 0.5) is 0 Å². The number of piperazine rings is 1. The third-order valence-electron chi connectivity index (χ3n) is 4.23. The lowest BCUT2D eigenvalue weighted by molar-refractivity contribution is -0.145. The van der Waals surface area contributed by atoms with Crippen molar-refractivity contribution in [1.82, 2.24) is 15.1 Å². The summed E-state index contributed by atoms with van der Waals surface area (Å²) in [4.78, 5) is 20.9. The van der Waals surface area contributed by atoms with Gasteiger partial charge >= 0.3 is 0 Å². The second kappa shape index (κ2) is 7.49. The minimum absolute atomic E-state index is 0.0289. The minimum Gasteiger partial charge on any atom is -0.376 e. The van der Waals surface area contributed by atoms with Gasteiger partial charge in [-0.15, -0.1) is 0 Å². The van der Waals surface area contributed by atoms with Gasteiger partial charge in [0.25, 0.3) is 0 Å². The molecule has 7 heteroatoms. The highest BCUT2D eigenvalue weighted by Crippen LogP contribution is 2.24. The topological polar surface area (TPSA) is 66.4 Å². The van der Waals surface area contributed by atoms with Gasteiger partial charge in [-0.25, -0.2) is 0 Å². The summed E-state index contributed by atoms with van der Waals surface area (Å²) in [7, 11) is 1.74. The first-order valence-electron chi connectivity index (χ1n) is 8.32. The molecule has 0 aromatic heterocycles. The lowest BCUT2D eigenvalue weighted by Crippen LogP contribution is -2.66. The van der Waals surface area contributed by atoms with Gasteiger partial charge in [0, 0.05) is 26.2 Å². The van der Waals surface area contributed by atoms with Crippen molar-refractivity contribution < 1.29 is 14.3 Å². The maximum absolute atomic E-state index is 12.5. The smallest absolute Gasteiger partial charge is 0.242 e. The lowest BCUT2D eigenvalue weighted by atomic mass is 9.96. The van der Waals surface area contributed by atoms with Gasteiger partial charge in [0.05, 0.1) is 38.0 Å². The van der Waals surface area contributed by atoms with Crippen molar-refractivity contribution in [2.75, 3.05) is 46.5 Å². The van der Waals surface area contributed by atoms with Crippen LogP contribution in [0.5, 0.6) is 0 Å². The summed E-state index contributed by atoms with van der Waals surface area (Å²) in [6.45, 7) is 11.9. The number of rotatable bonds is 3. The zero-order valence-corrected chi connectivity index (χ0v) is 15.0. The number of carbonyl (C=O) groups is 1. The number of carbonyl (C=O) groups excluding carboxylic acids is 1. The van der Waals surface area contributed by atoms with Crippen molar-refractivity contribution >= 4 is 11.9 Å². The van der Waals surface area contributed by atoms with E-state index in [0.29, 0.717) is 32.9 Å². The highest BCUT2D eigenvalue weighted by molar-refractivity contribution is 5.88. The first-order valence-corrected chi connectivity index (χ1v) is 8.32. The van der Waals surface area contributed by atoms with Crippen LogP contribution in [0.2, 0.25) is 0 Å². The quantitative estimate of drug-likeness (QED) is 0.597. The van der Waals surface area contributed by atoms with Crippen LogP contribution in [-0.4, -0.2) is 85.9 Å². The molecule has 0 radical (unpaired) electrons. The molecule has 2 rings (SSSR count). The molecule has 23 heavy (non-hydrogen) atoms. The summed E-state index contributed by atoms with van der Waals surface area (Å²) in [5, 5.41) is 3.31. The Morgan fingerprint density at radius 2 is 2.17 bits per heavy atom. The highest BCUT2D eigenvalue weighted by Gasteiger charge is 2.40. The summed E-state index contributed by atoms with van der Waals surface area (Å²) in [5.74, 6) is 0.875. The van der Waals surface area contributed by atoms with Gasteiger partial charge in [0.1, 0.15) is 0 Å². The number of nitrogens with one attached hydrogen (secondary N) is 1. The lowest BCUT2D eigenvalue weighted by Gasteiger charge is -2.49. The minimum atomic E-state index is -0.231. The van der Waals surface area contributed by atoms with Crippen LogP contribution in [0.3, 0.4) is 0 Å². The summed E-state index contributed by atoms with van der Waals surface area (Å²) >= 11 is 0. The molecule has 132 valence electrons. The zero-order valence-electron chi connectivity index (χ0n) is 15.0. The standard InChI is InChI=1S/C16H30N4O3/c1-12(2)20-14(21)9-19(11-16(20,3)4)15(17-5)18-8-13-10-22-6-7-23-13/h12-13H,6-11H2,1-5H3,(H,17,18). The van der Waals surface area contributed by atoms with Crippen LogP contribution in [0.1, 0.15) is 27.7 Å². The predicted molar refractivity (Wildman–Crippen MR) is 89.6 cm³/mol. The molecule has 0 aromatic carbocycles. The average molecular weight is 326 g/mol. The molecule has 0 bridgehead atoms. The largest absolute Gasteiger partial charge is 0.376 e. The Morgan fingerprint density at radius 1 is 1.43 bits per heavy atom. The molecule has 2 aliphatic heterocycles. The Bertz CT molecular complexity index is 445. The van der Waals surface area contributed by atoms with Gasteiger partial charge in [-0.05, 0) is 27.7 Å². The Balaban J connectivity index is 1.97. The molecule has 2 fully saturated rings. The van der Waals surface area contributed by atoms with E-state index in [-0.39, 0.29) is 23.6 Å². The van der Waals surface area contributed by atoms with E-state index in [1.165, 1.54) is 0 Å². The van der Waals surface area contributed by atoms with E-state index in [0.717, 1.165) is 12.5 Å². The summed E-state index contributed by atoms with van der Waals surface area (Å²) in [5.41, 5.74) is -0.231. The SMILES string of the molecule is CN=C(NCC1COCCO1)N1CC(=O)N(C(C)C)C(C)(C)C1. The number of aliphatic imine (C=N–C) groups is 1. The van der Waals surface area contributed by atoms with Crippen LogP contribution >= 0.6 is 0 Å². The third-order valence-corrected chi connectivity index (χ3v) is 4.23. The molecule has 7 nitrogen and oxygen atoms in total. The molecule has 1 atom stereocenters. The average Bonchev–Trinajstić information content (AvgIpc) is 2.46. The monoisotopic (exact) mass is 326 g/mol. The van der Waals surface area contributed by atoms with E-state index in [1.54, 1.807) is 7.05 Å². The van der Waals surface area contributed by atoms with Crippen molar-refractivity contribution in [1.29, 1.82) is 0 Å². The van der Waals surface area contributed by atoms with Crippen LogP contribution in [0.15, 0.2) is 4.99 Å². The molecule has 0 aliphatic carbocycles. The van der Waals surface area contributed by atoms with E-state index in [2.05, 4.69) is 38.0 Å². The molecule has 1 unspecified atom stereocenters. The second-order valence-corrected chi connectivity index (χ2v) is 7.02. The fourth-order valence-electron chi connectivity index (χ4n) is 3.50. The molecule has 0 saturated carbocycles. The van der Waals surface area contributed by atoms with Crippen molar-refractivity contribution in [3.05, 3.63) is 0 Å². The van der Waals surface area contributed by atoms with Crippen molar-refractivity contribution in [2.45, 2.75) is 45.4 Å². The van der Waals surface area contributed by atoms with Gasteiger partial charge in [0.2, 0.25) is 5.91 Å². The van der Waals surface area contributed by atoms with Crippen molar-refractivity contribution in [2.24, 2.45) is 4.99 Å². The molecular weight excluding hydrogens is 296 g/mol. The van der Waals surface area contributed by atoms with E-state index >= 15 is 0 Å². The summed E-state index contributed by atoms with van der Waals surface area (Å²) < 4.78 is 11.0. The van der Waals surface area contributed by atoms with Crippen LogP contribution < -0.4 is 5.32 Å². The third kappa shape index (κ3) is 4.35. The van der Waals surface area contributed by atoms with Crippen LogP contribution in [-0.2, 0) is 14.3 Å². The van der Waals surface area contributed by atoms with E-state index in [9.17, 15) is 4.79 Å². The van der Waals surface area contributed by atoms with Gasteiger partial charge in [-0.1, -0.05) is 0 Å². The van der Waals surface area contributed by atoms with Crippen molar-refractivity contribution in [3.8, 4) is 0 Å². The highest BCUT2D eigenvalue weighted by atomic mass is 16.6. The van der Waals surface area contributed by atoms with Crippen LogP contribution in [0, 0.1) is 0 Å². The normalized spacial score (nSPS) is 25.9. The first-order chi connectivity index (χ1) is 10.8. The second-order valence-electron chi connectivity index (χ2n) is 7.02. The van der Waals surface area contributed by atoms with Gasteiger partial charge in [-0.2, -0.15) is 0 Å². The maximum atomic E-state index is 12.5. The molecule has 0 spiro atoms. The fraction of sp³-hybridized carbons (Fsp3) is 0.875. The summed E-state index contributed by atoms with van der Waals surface area (Å²) in [6.07, 6.45) is 0.0289.